The van der Waals surface area contributed by atoms with E-state index in [1.165, 1.54) is 24.4 Å². The Bertz CT molecular complexity index is 1920. The minimum Gasteiger partial charge on any atom is -0.453 e. The molecule has 0 fully saturated rings. The minimum atomic E-state index is -3.74. The van der Waals surface area contributed by atoms with Crippen LogP contribution in [0, 0.1) is 19.7 Å². The van der Waals surface area contributed by atoms with Crippen molar-refractivity contribution < 1.29 is 22.3 Å². The van der Waals surface area contributed by atoms with Gasteiger partial charge in [-0.2, -0.15) is 5.10 Å². The molecule has 0 aliphatic heterocycles. The number of aromatic nitrogens is 4. The second-order valence-corrected chi connectivity index (χ2v) is 13.4. The number of sulfone groups is 1. The Morgan fingerprint density at radius 2 is 1.86 bits per heavy atom. The number of hydrogen-bond donors (Lipinski definition) is 1. The summed E-state index contributed by atoms with van der Waals surface area (Å²) in [6.45, 7) is 9.48. The van der Waals surface area contributed by atoms with Gasteiger partial charge in [-0.1, -0.05) is 12.1 Å². The molecule has 0 atom stereocenters. The molecule has 0 radical (unpaired) electrons. The van der Waals surface area contributed by atoms with Gasteiger partial charge in [-0.3, -0.25) is 19.4 Å². The number of carbonyl (C=O) groups excluding carboxylic acids is 1. The average molecular weight is 602 g/mol. The highest BCUT2D eigenvalue weighted by Gasteiger charge is 2.20. The molecule has 1 N–H and O–H groups in total. The second-order valence-electron chi connectivity index (χ2n) is 11.4. The molecule has 0 aliphatic carbocycles. The minimum absolute atomic E-state index is 0.0275. The highest BCUT2D eigenvalue weighted by Crippen LogP contribution is 2.34. The molecule has 0 unspecified atom stereocenters. The number of hydrogen-bond acceptors (Lipinski definition) is 7. The number of ether oxygens (including phenoxy) is 1. The van der Waals surface area contributed by atoms with E-state index >= 15 is 4.39 Å². The number of nitrogens with one attached hydrogen (secondary N) is 1. The number of anilines is 1. The van der Waals surface area contributed by atoms with Crippen LogP contribution in [0.1, 0.15) is 43.3 Å². The van der Waals surface area contributed by atoms with Crippen LogP contribution in [0.5, 0.6) is 11.5 Å². The van der Waals surface area contributed by atoms with Crippen molar-refractivity contribution >= 4 is 32.3 Å². The molecule has 1 amide bonds. The van der Waals surface area contributed by atoms with Gasteiger partial charge in [-0.05, 0) is 88.2 Å². The first-order valence-electron chi connectivity index (χ1n) is 13.6. The van der Waals surface area contributed by atoms with E-state index in [2.05, 4.69) is 20.4 Å². The molecule has 3 heterocycles. The summed E-state index contributed by atoms with van der Waals surface area (Å²) in [4.78, 5) is 21.4. The Morgan fingerprint density at radius 3 is 2.56 bits per heavy atom. The molecule has 0 spiro atoms. The molecule has 222 valence electrons. The van der Waals surface area contributed by atoms with Gasteiger partial charge in [0.25, 0.3) is 0 Å². The third kappa shape index (κ3) is 6.89. The van der Waals surface area contributed by atoms with E-state index in [0.29, 0.717) is 33.4 Å². The summed E-state index contributed by atoms with van der Waals surface area (Å²) in [6, 6.07) is 14.3. The zero-order valence-electron chi connectivity index (χ0n) is 24.6. The van der Waals surface area contributed by atoms with Crippen molar-refractivity contribution in [3.63, 3.8) is 0 Å². The molecule has 0 saturated heterocycles. The van der Waals surface area contributed by atoms with Crippen LogP contribution in [0.2, 0.25) is 0 Å². The topological polar surface area (TPSA) is 116 Å². The zero-order valence-corrected chi connectivity index (χ0v) is 25.4. The molecule has 2 aromatic carbocycles. The predicted molar refractivity (Wildman–Crippen MR) is 162 cm³/mol. The first-order valence-corrected chi connectivity index (χ1v) is 15.3. The molecule has 43 heavy (non-hydrogen) atoms. The van der Waals surface area contributed by atoms with Crippen molar-refractivity contribution in [2.24, 2.45) is 0 Å². The van der Waals surface area contributed by atoms with Gasteiger partial charge in [-0.25, -0.2) is 12.8 Å². The number of pyridine rings is 2. The van der Waals surface area contributed by atoms with Crippen molar-refractivity contribution in [2.75, 3.05) is 5.32 Å². The lowest BCUT2D eigenvalue weighted by Gasteiger charge is -2.18. The maximum atomic E-state index is 15.4. The van der Waals surface area contributed by atoms with Crippen LogP contribution in [0.25, 0.3) is 10.9 Å². The molecule has 3 aromatic heterocycles. The third-order valence-electron chi connectivity index (χ3n) is 6.74. The molecular weight excluding hydrogens is 569 g/mol. The van der Waals surface area contributed by atoms with Crippen molar-refractivity contribution in [3.8, 4) is 11.5 Å². The van der Waals surface area contributed by atoms with Gasteiger partial charge in [0.1, 0.15) is 5.75 Å². The van der Waals surface area contributed by atoms with Crippen LogP contribution in [0.3, 0.4) is 0 Å². The van der Waals surface area contributed by atoms with Crippen molar-refractivity contribution in [1.29, 1.82) is 0 Å². The van der Waals surface area contributed by atoms with E-state index < -0.39 is 15.7 Å². The average Bonchev–Trinajstić information content (AvgIpc) is 3.39. The van der Waals surface area contributed by atoms with Crippen molar-refractivity contribution in [2.45, 2.75) is 57.2 Å². The lowest BCUT2D eigenvalue weighted by Crippen LogP contribution is -2.22. The van der Waals surface area contributed by atoms with Crippen LogP contribution >= 0.6 is 0 Å². The first-order chi connectivity index (χ1) is 20.3. The van der Waals surface area contributed by atoms with Crippen LogP contribution < -0.4 is 10.1 Å². The fraction of sp³-hybridized carbons (Fsp3) is 0.250. The lowest BCUT2D eigenvalue weighted by atomic mass is 10.1. The number of benzene rings is 2. The number of aryl methyl sites for hydroxylation is 2. The standard InChI is InChI=1S/C32H32FN5O4S/c1-20-13-22(15-30(39)37-24-17-35-38(18-24)32(3,4)5)14-27(33)31(20)42-29-11-12-34-28-10-9-25(16-26(28)29)43(40,41)19-23-8-6-7-21(2)36-23/h6-14,16-18H,15,19H2,1-5H3,(H,37,39). The lowest BCUT2D eigenvalue weighted by molar-refractivity contribution is -0.115. The Morgan fingerprint density at radius 1 is 1.07 bits per heavy atom. The molecule has 0 saturated carbocycles. The van der Waals surface area contributed by atoms with Gasteiger partial charge in [0.15, 0.2) is 21.4 Å². The molecule has 5 rings (SSSR count). The summed E-state index contributed by atoms with van der Waals surface area (Å²) < 4.78 is 49.6. The summed E-state index contributed by atoms with van der Waals surface area (Å²) in [5, 5.41) is 7.49. The van der Waals surface area contributed by atoms with Crippen LogP contribution in [-0.4, -0.2) is 34.1 Å². The smallest absolute Gasteiger partial charge is 0.228 e. The fourth-order valence-electron chi connectivity index (χ4n) is 4.63. The van der Waals surface area contributed by atoms with E-state index in [-0.39, 0.29) is 40.0 Å². The van der Waals surface area contributed by atoms with Crippen LogP contribution in [-0.2, 0) is 32.3 Å². The number of halogens is 1. The fourth-order valence-corrected chi connectivity index (χ4v) is 5.92. The van der Waals surface area contributed by atoms with E-state index in [9.17, 15) is 13.2 Å². The molecule has 11 heteroatoms. The van der Waals surface area contributed by atoms with Gasteiger partial charge in [0.05, 0.1) is 45.7 Å². The normalized spacial score (nSPS) is 12.0. The maximum absolute atomic E-state index is 15.4. The summed E-state index contributed by atoms with van der Waals surface area (Å²) in [5.41, 5.74) is 2.93. The van der Waals surface area contributed by atoms with Gasteiger partial charge in [-0.15, -0.1) is 0 Å². The number of fused-ring (bicyclic) bond motifs is 1. The summed E-state index contributed by atoms with van der Waals surface area (Å²) in [7, 11) is -3.74. The third-order valence-corrected chi connectivity index (χ3v) is 8.38. The van der Waals surface area contributed by atoms with E-state index in [4.69, 9.17) is 4.74 Å². The van der Waals surface area contributed by atoms with E-state index in [1.54, 1.807) is 67.3 Å². The van der Waals surface area contributed by atoms with E-state index in [1.807, 2.05) is 20.8 Å². The second kappa shape index (κ2) is 11.6. The number of carbonyl (C=O) groups is 1. The number of rotatable bonds is 8. The monoisotopic (exact) mass is 601 g/mol. The Balaban J connectivity index is 1.36. The number of nitrogens with zero attached hydrogens (tertiary/aromatic N) is 4. The van der Waals surface area contributed by atoms with Crippen LogP contribution in [0.15, 0.2) is 78.1 Å². The van der Waals surface area contributed by atoms with Crippen LogP contribution in [0.4, 0.5) is 10.1 Å². The quantitative estimate of drug-likeness (QED) is 0.222. The van der Waals surface area contributed by atoms with Gasteiger partial charge >= 0.3 is 0 Å². The summed E-state index contributed by atoms with van der Waals surface area (Å²) >= 11 is 0. The summed E-state index contributed by atoms with van der Waals surface area (Å²) in [6.07, 6.45) is 4.78. The molecule has 0 bridgehead atoms. The van der Waals surface area contributed by atoms with Gasteiger partial charge in [0, 0.05) is 23.5 Å². The first kappa shape index (κ1) is 29.8. The van der Waals surface area contributed by atoms with Gasteiger partial charge < -0.3 is 10.1 Å². The Kier molecular flexibility index (Phi) is 8.02. The molecule has 5 aromatic rings. The zero-order chi connectivity index (χ0) is 30.9. The SMILES string of the molecule is Cc1cccc(CS(=O)(=O)c2ccc3nccc(Oc4c(C)cc(CC(=O)Nc5cnn(C(C)(C)C)c5)cc4F)c3c2)n1. The maximum Gasteiger partial charge on any atom is 0.228 e. The van der Waals surface area contributed by atoms with E-state index in [0.717, 1.165) is 5.69 Å². The predicted octanol–water partition coefficient (Wildman–Crippen LogP) is 6.28. The van der Waals surface area contributed by atoms with Gasteiger partial charge in [0.2, 0.25) is 5.91 Å². The largest absolute Gasteiger partial charge is 0.453 e. The molecular formula is C32H32FN5O4S. The highest BCUT2D eigenvalue weighted by atomic mass is 32.2. The van der Waals surface area contributed by atoms with Crippen molar-refractivity contribution in [1.82, 2.24) is 19.7 Å². The highest BCUT2D eigenvalue weighted by molar-refractivity contribution is 7.90. The molecule has 0 aliphatic rings. The summed E-state index contributed by atoms with van der Waals surface area (Å²) in [5.74, 6) is -1.00. The Labute approximate surface area is 249 Å². The number of amides is 1. The van der Waals surface area contributed by atoms with Crippen molar-refractivity contribution in [3.05, 3.63) is 102 Å². The molecule has 9 nitrogen and oxygen atoms in total. The Hall–Kier alpha value is -4.64.